The van der Waals surface area contributed by atoms with Crippen molar-refractivity contribution in [2.24, 2.45) is 0 Å². The normalized spacial score (nSPS) is 11.2. The Morgan fingerprint density at radius 1 is 0.211 bits per heavy atom. The van der Waals surface area contributed by atoms with Gasteiger partial charge in [0, 0.05) is 17.1 Å². The van der Waals surface area contributed by atoms with Crippen molar-refractivity contribution in [3.8, 4) is 55.6 Å². The molecule has 0 heterocycles. The maximum Gasteiger partial charge on any atom is 0.0467 e. The van der Waals surface area contributed by atoms with Crippen LogP contribution in [0.25, 0.3) is 77.2 Å². The summed E-state index contributed by atoms with van der Waals surface area (Å²) in [5.74, 6) is 0. The van der Waals surface area contributed by atoms with Crippen LogP contribution in [-0.2, 0) is 0 Å². The van der Waals surface area contributed by atoms with Crippen LogP contribution in [0.1, 0.15) is 0 Å². The number of anilines is 3. The van der Waals surface area contributed by atoms with Gasteiger partial charge in [-0.05, 0) is 114 Å². The molecule has 10 aromatic carbocycles. The third-order valence-electron chi connectivity index (χ3n) is 11.1. The Labute approximate surface area is 334 Å². The Kier molecular flexibility index (Phi) is 8.95. The summed E-state index contributed by atoms with van der Waals surface area (Å²) >= 11 is 0. The van der Waals surface area contributed by atoms with Crippen molar-refractivity contribution < 1.29 is 0 Å². The lowest BCUT2D eigenvalue weighted by molar-refractivity contribution is 1.28. The van der Waals surface area contributed by atoms with Crippen LogP contribution >= 0.6 is 0 Å². The SMILES string of the molecule is c1ccc(-c2cccc(N(c3ccc(-c4cccc5c(-c6cccc7ccccc67)cccc45)cc3)c3cccc(-c4ccccc4-c4ccccc4)c3)c2)cc1. The van der Waals surface area contributed by atoms with Crippen molar-refractivity contribution in [2.75, 3.05) is 4.90 Å². The van der Waals surface area contributed by atoms with Gasteiger partial charge in [-0.2, -0.15) is 0 Å². The second-order valence-corrected chi connectivity index (χ2v) is 14.5. The summed E-state index contributed by atoms with van der Waals surface area (Å²) in [6.07, 6.45) is 0. The number of nitrogens with zero attached hydrogens (tertiary/aromatic N) is 1. The van der Waals surface area contributed by atoms with Crippen molar-refractivity contribution in [2.45, 2.75) is 0 Å². The number of hydrogen-bond acceptors (Lipinski definition) is 1. The Bertz CT molecular complexity index is 2990. The van der Waals surface area contributed by atoms with Gasteiger partial charge in [-0.3, -0.25) is 0 Å². The second-order valence-electron chi connectivity index (χ2n) is 14.5. The van der Waals surface area contributed by atoms with Gasteiger partial charge in [0.1, 0.15) is 0 Å². The first kappa shape index (κ1) is 34.0. The summed E-state index contributed by atoms with van der Waals surface area (Å²) in [4.78, 5) is 2.38. The molecule has 0 spiro atoms. The molecule has 57 heavy (non-hydrogen) atoms. The molecule has 0 amide bonds. The molecule has 0 aliphatic carbocycles. The van der Waals surface area contributed by atoms with E-state index >= 15 is 0 Å². The zero-order valence-corrected chi connectivity index (χ0v) is 31.5. The van der Waals surface area contributed by atoms with Crippen molar-refractivity contribution in [1.29, 1.82) is 0 Å². The van der Waals surface area contributed by atoms with E-state index in [0.29, 0.717) is 0 Å². The van der Waals surface area contributed by atoms with E-state index in [1.54, 1.807) is 0 Å². The van der Waals surface area contributed by atoms with Gasteiger partial charge in [0.15, 0.2) is 0 Å². The van der Waals surface area contributed by atoms with Gasteiger partial charge in [-0.1, -0.05) is 200 Å². The standard InChI is InChI=1S/C56H39N/c1-3-16-40(17-4-1)44-22-11-24-47(38-44)57(48-25-12-23-45(39-48)52-28-10-9-26-49(52)41-18-5-2-6-19-41)46-36-34-43(35-37-46)51-29-14-32-55-54(51)31-15-33-56(55)53-30-13-21-42-20-7-8-27-50(42)53/h1-39H. The van der Waals surface area contributed by atoms with Crippen LogP contribution in [0.2, 0.25) is 0 Å². The molecule has 0 unspecified atom stereocenters. The lowest BCUT2D eigenvalue weighted by Crippen LogP contribution is -2.10. The molecule has 0 N–H and O–H groups in total. The molecule has 1 nitrogen and oxygen atoms in total. The fourth-order valence-corrected chi connectivity index (χ4v) is 8.37. The monoisotopic (exact) mass is 725 g/mol. The summed E-state index contributed by atoms with van der Waals surface area (Å²) < 4.78 is 0. The molecular formula is C56H39N. The molecule has 268 valence electrons. The van der Waals surface area contributed by atoms with Crippen LogP contribution in [0.4, 0.5) is 17.1 Å². The predicted molar refractivity (Wildman–Crippen MR) is 243 cm³/mol. The zero-order chi connectivity index (χ0) is 38.0. The fraction of sp³-hybridized carbons (Fsp3) is 0. The number of rotatable bonds is 8. The maximum atomic E-state index is 2.38. The fourth-order valence-electron chi connectivity index (χ4n) is 8.37. The Morgan fingerprint density at radius 3 is 1.35 bits per heavy atom. The first-order valence-corrected chi connectivity index (χ1v) is 19.6. The minimum atomic E-state index is 1.09. The van der Waals surface area contributed by atoms with Gasteiger partial charge < -0.3 is 4.90 Å². The van der Waals surface area contributed by atoms with E-state index in [0.717, 1.165) is 17.1 Å². The van der Waals surface area contributed by atoms with Crippen LogP contribution in [0.15, 0.2) is 237 Å². The van der Waals surface area contributed by atoms with Crippen LogP contribution in [-0.4, -0.2) is 0 Å². The number of hydrogen-bond donors (Lipinski definition) is 0. The minimum Gasteiger partial charge on any atom is -0.310 e. The van der Waals surface area contributed by atoms with Crippen LogP contribution in [0.3, 0.4) is 0 Å². The van der Waals surface area contributed by atoms with Gasteiger partial charge in [0.05, 0.1) is 0 Å². The van der Waals surface area contributed by atoms with Crippen LogP contribution in [0.5, 0.6) is 0 Å². The first-order valence-electron chi connectivity index (χ1n) is 19.6. The molecule has 0 saturated carbocycles. The largest absolute Gasteiger partial charge is 0.310 e. The van der Waals surface area contributed by atoms with Crippen molar-refractivity contribution >= 4 is 38.6 Å². The van der Waals surface area contributed by atoms with E-state index in [1.807, 2.05) is 0 Å². The van der Waals surface area contributed by atoms with Crippen molar-refractivity contribution in [3.63, 3.8) is 0 Å². The Morgan fingerprint density at radius 2 is 0.632 bits per heavy atom. The summed E-state index contributed by atoms with van der Waals surface area (Å²) in [5.41, 5.74) is 15.4. The summed E-state index contributed by atoms with van der Waals surface area (Å²) in [7, 11) is 0. The van der Waals surface area contributed by atoms with E-state index in [2.05, 4.69) is 241 Å². The Balaban J connectivity index is 1.08. The topological polar surface area (TPSA) is 3.24 Å². The van der Waals surface area contributed by atoms with Gasteiger partial charge >= 0.3 is 0 Å². The van der Waals surface area contributed by atoms with E-state index in [4.69, 9.17) is 0 Å². The van der Waals surface area contributed by atoms with Gasteiger partial charge in [0.2, 0.25) is 0 Å². The quantitative estimate of drug-likeness (QED) is 0.151. The van der Waals surface area contributed by atoms with E-state index in [9.17, 15) is 0 Å². The first-order chi connectivity index (χ1) is 28.3. The molecule has 0 atom stereocenters. The molecule has 10 aromatic rings. The van der Waals surface area contributed by atoms with E-state index < -0.39 is 0 Å². The smallest absolute Gasteiger partial charge is 0.0467 e. The van der Waals surface area contributed by atoms with E-state index in [1.165, 1.54) is 77.2 Å². The highest BCUT2D eigenvalue weighted by atomic mass is 15.1. The summed E-state index contributed by atoms with van der Waals surface area (Å²) in [6.45, 7) is 0. The number of fused-ring (bicyclic) bond motifs is 2. The highest BCUT2D eigenvalue weighted by Crippen LogP contribution is 2.42. The maximum absolute atomic E-state index is 2.38. The lowest BCUT2D eigenvalue weighted by atomic mass is 9.91. The summed E-state index contributed by atoms with van der Waals surface area (Å²) in [5, 5.41) is 5.02. The lowest BCUT2D eigenvalue weighted by Gasteiger charge is -2.27. The van der Waals surface area contributed by atoms with E-state index in [-0.39, 0.29) is 0 Å². The summed E-state index contributed by atoms with van der Waals surface area (Å²) in [6, 6.07) is 85.6. The average Bonchev–Trinajstić information content (AvgIpc) is 3.29. The molecular weight excluding hydrogens is 687 g/mol. The zero-order valence-electron chi connectivity index (χ0n) is 31.5. The van der Waals surface area contributed by atoms with Crippen LogP contribution < -0.4 is 4.90 Å². The third-order valence-corrected chi connectivity index (χ3v) is 11.1. The van der Waals surface area contributed by atoms with Gasteiger partial charge in [-0.25, -0.2) is 0 Å². The highest BCUT2D eigenvalue weighted by Gasteiger charge is 2.17. The Hall–Kier alpha value is -7.48. The molecule has 0 saturated heterocycles. The molecule has 10 rings (SSSR count). The molecule has 0 aliphatic heterocycles. The molecule has 1 heteroatoms. The predicted octanol–water partition coefficient (Wildman–Crippen LogP) is 15.8. The van der Waals surface area contributed by atoms with Crippen LogP contribution in [0, 0.1) is 0 Å². The molecule has 0 aromatic heterocycles. The minimum absolute atomic E-state index is 1.09. The highest BCUT2D eigenvalue weighted by molar-refractivity contribution is 6.09. The van der Waals surface area contributed by atoms with Gasteiger partial charge in [-0.15, -0.1) is 0 Å². The third kappa shape index (κ3) is 6.56. The molecule has 0 fully saturated rings. The van der Waals surface area contributed by atoms with Crippen molar-refractivity contribution in [1.82, 2.24) is 0 Å². The molecule has 0 aliphatic rings. The van der Waals surface area contributed by atoms with Crippen molar-refractivity contribution in [3.05, 3.63) is 237 Å². The molecule has 0 bridgehead atoms. The number of benzene rings is 10. The second kappa shape index (κ2) is 15.0. The average molecular weight is 726 g/mol. The van der Waals surface area contributed by atoms with Gasteiger partial charge in [0.25, 0.3) is 0 Å². The molecule has 0 radical (unpaired) electrons.